The van der Waals surface area contributed by atoms with Crippen molar-refractivity contribution in [1.29, 1.82) is 0 Å². The predicted molar refractivity (Wildman–Crippen MR) is 103 cm³/mol. The van der Waals surface area contributed by atoms with E-state index < -0.39 is 0 Å². The maximum atomic E-state index is 5.49. The quantitative estimate of drug-likeness (QED) is 0.630. The molecule has 3 rings (SSSR count). The van der Waals surface area contributed by atoms with E-state index in [1.807, 2.05) is 43.3 Å². The van der Waals surface area contributed by atoms with Crippen molar-refractivity contribution in [3.05, 3.63) is 78.4 Å². The Kier molecular flexibility index (Phi) is 5.57. The Hall–Kier alpha value is -2.94. The molecule has 0 radical (unpaired) electrons. The summed E-state index contributed by atoms with van der Waals surface area (Å²) in [5, 5.41) is 3.48. The van der Waals surface area contributed by atoms with Gasteiger partial charge in [-0.05, 0) is 47.9 Å². The van der Waals surface area contributed by atoms with Crippen LogP contribution in [0.5, 0.6) is 11.5 Å². The summed E-state index contributed by atoms with van der Waals surface area (Å²) in [6.45, 7) is 3.39. The highest BCUT2D eigenvalue weighted by Crippen LogP contribution is 2.31. The molecule has 3 aromatic carbocycles. The van der Waals surface area contributed by atoms with Crippen molar-refractivity contribution in [2.45, 2.75) is 13.5 Å². The molecule has 3 aromatic rings. The first kappa shape index (κ1) is 16.9. The molecule has 0 saturated heterocycles. The van der Waals surface area contributed by atoms with E-state index in [1.165, 1.54) is 11.1 Å². The molecule has 0 amide bonds. The minimum Gasteiger partial charge on any atom is -0.495 e. The lowest BCUT2D eigenvalue weighted by molar-refractivity contribution is 0.340. The van der Waals surface area contributed by atoms with Crippen molar-refractivity contribution < 1.29 is 9.47 Å². The molecule has 0 bridgehead atoms. The molecule has 3 nitrogen and oxygen atoms in total. The summed E-state index contributed by atoms with van der Waals surface area (Å²) >= 11 is 0. The van der Waals surface area contributed by atoms with Crippen molar-refractivity contribution in [2.24, 2.45) is 0 Å². The van der Waals surface area contributed by atoms with Gasteiger partial charge in [-0.15, -0.1) is 0 Å². The van der Waals surface area contributed by atoms with Crippen molar-refractivity contribution in [3.8, 4) is 22.6 Å². The van der Waals surface area contributed by atoms with Gasteiger partial charge in [0.2, 0.25) is 0 Å². The Morgan fingerprint density at radius 1 is 0.840 bits per heavy atom. The monoisotopic (exact) mass is 333 g/mol. The normalized spacial score (nSPS) is 10.3. The lowest BCUT2D eigenvalue weighted by Crippen LogP contribution is -2.02. The van der Waals surface area contributed by atoms with Crippen molar-refractivity contribution in [1.82, 2.24) is 0 Å². The van der Waals surface area contributed by atoms with E-state index in [9.17, 15) is 0 Å². The van der Waals surface area contributed by atoms with Crippen LogP contribution in [0.15, 0.2) is 72.8 Å². The first-order valence-corrected chi connectivity index (χ1v) is 8.49. The van der Waals surface area contributed by atoms with Crippen LogP contribution in [-0.2, 0) is 6.54 Å². The number of methoxy groups -OCH3 is 1. The number of hydrogen-bond acceptors (Lipinski definition) is 3. The third-order valence-electron chi connectivity index (χ3n) is 4.02. The average Bonchev–Trinajstić information content (AvgIpc) is 2.68. The highest BCUT2D eigenvalue weighted by atomic mass is 16.5. The smallest absolute Gasteiger partial charge is 0.141 e. The summed E-state index contributed by atoms with van der Waals surface area (Å²) < 4.78 is 11.0. The largest absolute Gasteiger partial charge is 0.495 e. The van der Waals surface area contributed by atoms with Gasteiger partial charge in [-0.25, -0.2) is 0 Å². The zero-order valence-electron chi connectivity index (χ0n) is 14.7. The average molecular weight is 333 g/mol. The molecule has 3 heteroatoms. The van der Waals surface area contributed by atoms with Gasteiger partial charge in [-0.2, -0.15) is 0 Å². The van der Waals surface area contributed by atoms with Crippen LogP contribution >= 0.6 is 0 Å². The van der Waals surface area contributed by atoms with Crippen LogP contribution in [0.4, 0.5) is 5.69 Å². The second-order valence-corrected chi connectivity index (χ2v) is 5.71. The maximum Gasteiger partial charge on any atom is 0.141 e. The summed E-state index contributed by atoms with van der Waals surface area (Å²) in [5.74, 6) is 1.74. The van der Waals surface area contributed by atoms with Crippen LogP contribution in [0, 0.1) is 0 Å². The second-order valence-electron chi connectivity index (χ2n) is 5.71. The lowest BCUT2D eigenvalue weighted by Gasteiger charge is -2.13. The molecule has 0 heterocycles. The molecule has 0 atom stereocenters. The van der Waals surface area contributed by atoms with Crippen molar-refractivity contribution in [3.63, 3.8) is 0 Å². The molecule has 0 aliphatic heterocycles. The van der Waals surface area contributed by atoms with E-state index in [2.05, 4.69) is 41.7 Å². The van der Waals surface area contributed by atoms with Gasteiger partial charge in [0, 0.05) is 6.54 Å². The highest BCUT2D eigenvalue weighted by molar-refractivity contribution is 5.72. The molecule has 0 aromatic heterocycles. The van der Waals surface area contributed by atoms with E-state index in [0.717, 1.165) is 29.3 Å². The predicted octanol–water partition coefficient (Wildman–Crippen LogP) is 5.37. The molecule has 1 N–H and O–H groups in total. The Morgan fingerprint density at radius 3 is 2.28 bits per heavy atom. The Bertz CT molecular complexity index is 798. The zero-order chi connectivity index (χ0) is 17.5. The topological polar surface area (TPSA) is 30.5 Å². The van der Waals surface area contributed by atoms with Crippen LogP contribution in [0.2, 0.25) is 0 Å². The van der Waals surface area contributed by atoms with Crippen LogP contribution in [0.25, 0.3) is 11.1 Å². The number of hydrogen-bond donors (Lipinski definition) is 1. The highest BCUT2D eigenvalue weighted by Gasteiger charge is 2.06. The summed E-state index contributed by atoms with van der Waals surface area (Å²) in [7, 11) is 1.69. The molecular weight excluding hydrogens is 310 g/mol. The molecule has 0 unspecified atom stereocenters. The zero-order valence-corrected chi connectivity index (χ0v) is 14.7. The van der Waals surface area contributed by atoms with Crippen LogP contribution in [-0.4, -0.2) is 13.7 Å². The summed E-state index contributed by atoms with van der Waals surface area (Å²) in [6, 6.07) is 24.7. The molecule has 25 heavy (non-hydrogen) atoms. The van der Waals surface area contributed by atoms with Crippen molar-refractivity contribution >= 4 is 5.69 Å². The van der Waals surface area contributed by atoms with E-state index in [1.54, 1.807) is 7.11 Å². The number of anilines is 1. The SMILES string of the molecule is CCOc1ccc(CNc2cc(-c3ccccc3)ccc2OC)cc1. The maximum absolute atomic E-state index is 5.49. The molecule has 0 spiro atoms. The number of rotatable bonds is 7. The van der Waals surface area contributed by atoms with Crippen LogP contribution in [0.3, 0.4) is 0 Å². The second kappa shape index (κ2) is 8.25. The Labute approximate surface area is 149 Å². The fourth-order valence-electron chi connectivity index (χ4n) is 2.72. The van der Waals surface area contributed by atoms with Gasteiger partial charge in [0.05, 0.1) is 19.4 Å². The summed E-state index contributed by atoms with van der Waals surface area (Å²) in [4.78, 5) is 0. The summed E-state index contributed by atoms with van der Waals surface area (Å²) in [5.41, 5.74) is 4.53. The minimum absolute atomic E-state index is 0.682. The fourth-order valence-corrected chi connectivity index (χ4v) is 2.72. The molecule has 128 valence electrons. The molecular formula is C22H23NO2. The first-order valence-electron chi connectivity index (χ1n) is 8.49. The molecule has 0 aliphatic rings. The van der Waals surface area contributed by atoms with Crippen LogP contribution in [0.1, 0.15) is 12.5 Å². The fraction of sp³-hybridized carbons (Fsp3) is 0.182. The van der Waals surface area contributed by atoms with Crippen LogP contribution < -0.4 is 14.8 Å². The molecule has 0 fully saturated rings. The Balaban J connectivity index is 1.76. The van der Waals surface area contributed by atoms with E-state index >= 15 is 0 Å². The number of benzene rings is 3. The Morgan fingerprint density at radius 2 is 1.60 bits per heavy atom. The minimum atomic E-state index is 0.682. The number of ether oxygens (including phenoxy) is 2. The van der Waals surface area contributed by atoms with E-state index in [4.69, 9.17) is 9.47 Å². The number of nitrogens with one attached hydrogen (secondary N) is 1. The van der Waals surface area contributed by atoms with Gasteiger partial charge in [-0.3, -0.25) is 0 Å². The van der Waals surface area contributed by atoms with Gasteiger partial charge < -0.3 is 14.8 Å². The van der Waals surface area contributed by atoms with Gasteiger partial charge in [0.1, 0.15) is 11.5 Å². The summed E-state index contributed by atoms with van der Waals surface area (Å²) in [6.07, 6.45) is 0. The van der Waals surface area contributed by atoms with E-state index in [-0.39, 0.29) is 0 Å². The standard InChI is InChI=1S/C22H23NO2/c1-3-25-20-12-9-17(10-13-20)16-23-21-15-19(11-14-22(21)24-2)18-7-5-4-6-8-18/h4-15,23H,3,16H2,1-2H3. The van der Waals surface area contributed by atoms with E-state index in [0.29, 0.717) is 6.61 Å². The molecule has 0 aliphatic carbocycles. The third-order valence-corrected chi connectivity index (χ3v) is 4.02. The first-order chi connectivity index (χ1) is 12.3. The van der Waals surface area contributed by atoms with Gasteiger partial charge >= 0.3 is 0 Å². The van der Waals surface area contributed by atoms with Gasteiger partial charge in [0.15, 0.2) is 0 Å². The third kappa shape index (κ3) is 4.32. The lowest BCUT2D eigenvalue weighted by atomic mass is 10.0. The van der Waals surface area contributed by atoms with Gasteiger partial charge in [-0.1, -0.05) is 48.5 Å². The van der Waals surface area contributed by atoms with Crippen molar-refractivity contribution in [2.75, 3.05) is 19.0 Å². The van der Waals surface area contributed by atoms with Gasteiger partial charge in [0.25, 0.3) is 0 Å². The molecule has 0 saturated carbocycles.